The van der Waals surface area contributed by atoms with Gasteiger partial charge in [-0.25, -0.2) is 9.59 Å². The number of benzene rings is 2. The average molecular weight is 676 g/mol. The van der Waals surface area contributed by atoms with Gasteiger partial charge in [0.2, 0.25) is 0 Å². The van der Waals surface area contributed by atoms with E-state index in [2.05, 4.69) is 26.7 Å². The molecule has 2 fully saturated rings. The van der Waals surface area contributed by atoms with Crippen LogP contribution in [0.2, 0.25) is 0 Å². The third-order valence-electron chi connectivity index (χ3n) is 8.13. The SMILES string of the molecule is CCOC(=O)C1CCN(C(=O)OCc2ccccc2)C(C#N)C1.CCOC(=O)C1CCN(C(=O)OCc2ccccc2)C(c2nn[nH]n2)C1. The Balaban J connectivity index is 0.000000223. The van der Waals surface area contributed by atoms with Gasteiger partial charge in [-0.2, -0.15) is 10.5 Å². The first-order valence-corrected chi connectivity index (χ1v) is 16.2. The molecule has 0 radical (unpaired) electrons. The van der Waals surface area contributed by atoms with Gasteiger partial charge in [0.05, 0.1) is 37.2 Å². The van der Waals surface area contributed by atoms with Crippen LogP contribution >= 0.6 is 0 Å². The van der Waals surface area contributed by atoms with Crippen molar-refractivity contribution < 1.29 is 38.1 Å². The number of likely N-dealkylation sites (tertiary alicyclic amines) is 2. The number of H-pyrrole nitrogens is 1. The molecule has 2 aliphatic heterocycles. The normalized spacial score (nSPS) is 20.1. The van der Waals surface area contributed by atoms with Gasteiger partial charge in [-0.15, -0.1) is 10.2 Å². The predicted molar refractivity (Wildman–Crippen MR) is 172 cm³/mol. The molecule has 4 atom stereocenters. The van der Waals surface area contributed by atoms with Crippen molar-refractivity contribution in [1.29, 1.82) is 5.26 Å². The van der Waals surface area contributed by atoms with Gasteiger partial charge in [-0.3, -0.25) is 19.4 Å². The molecule has 4 unspecified atom stereocenters. The van der Waals surface area contributed by atoms with Crippen LogP contribution in [0.3, 0.4) is 0 Å². The summed E-state index contributed by atoms with van der Waals surface area (Å²) < 4.78 is 20.8. The molecule has 3 aromatic rings. The second-order valence-corrected chi connectivity index (χ2v) is 11.3. The number of hydrogen-bond donors (Lipinski definition) is 1. The molecule has 2 saturated heterocycles. The summed E-state index contributed by atoms with van der Waals surface area (Å²) in [5, 5.41) is 23.2. The Morgan fingerprint density at radius 3 is 1.78 bits per heavy atom. The van der Waals surface area contributed by atoms with Crippen molar-refractivity contribution in [2.75, 3.05) is 26.3 Å². The van der Waals surface area contributed by atoms with E-state index >= 15 is 0 Å². The van der Waals surface area contributed by atoms with Crippen LogP contribution in [-0.2, 0) is 41.8 Å². The topological polar surface area (TPSA) is 190 Å². The highest BCUT2D eigenvalue weighted by Crippen LogP contribution is 2.33. The second kappa shape index (κ2) is 18.7. The number of hydrogen-bond acceptors (Lipinski definition) is 12. The summed E-state index contributed by atoms with van der Waals surface area (Å²) in [6, 6.07) is 19.7. The fourth-order valence-electron chi connectivity index (χ4n) is 5.60. The molecule has 2 aromatic carbocycles. The van der Waals surface area contributed by atoms with Crippen LogP contribution in [0.15, 0.2) is 60.7 Å². The minimum absolute atomic E-state index is 0.162. The quantitative estimate of drug-likeness (QED) is 0.250. The molecule has 0 spiro atoms. The first kappa shape index (κ1) is 36.3. The molecule has 3 heterocycles. The molecule has 1 aromatic heterocycles. The van der Waals surface area contributed by atoms with E-state index in [0.29, 0.717) is 51.4 Å². The number of rotatable bonds is 9. The summed E-state index contributed by atoms with van der Waals surface area (Å²) in [7, 11) is 0. The Kier molecular flexibility index (Phi) is 13.9. The van der Waals surface area contributed by atoms with Gasteiger partial charge in [0.25, 0.3) is 0 Å². The molecule has 15 nitrogen and oxygen atoms in total. The number of nitriles is 1. The fourth-order valence-corrected chi connectivity index (χ4v) is 5.60. The second-order valence-electron chi connectivity index (χ2n) is 11.3. The van der Waals surface area contributed by atoms with Crippen molar-refractivity contribution >= 4 is 24.1 Å². The lowest BCUT2D eigenvalue weighted by Crippen LogP contribution is -2.47. The highest BCUT2D eigenvalue weighted by atomic mass is 16.6. The first-order chi connectivity index (χ1) is 23.8. The lowest BCUT2D eigenvalue weighted by Gasteiger charge is -2.36. The third-order valence-corrected chi connectivity index (χ3v) is 8.13. The van der Waals surface area contributed by atoms with Gasteiger partial charge >= 0.3 is 24.1 Å². The van der Waals surface area contributed by atoms with Crippen molar-refractivity contribution in [2.45, 2.75) is 64.8 Å². The predicted octanol–water partition coefficient (Wildman–Crippen LogP) is 4.34. The highest BCUT2D eigenvalue weighted by Gasteiger charge is 2.39. The number of aromatic nitrogens is 4. The number of carbonyl (C=O) groups is 4. The maximum absolute atomic E-state index is 12.6. The maximum atomic E-state index is 12.6. The number of aromatic amines is 1. The summed E-state index contributed by atoms with van der Waals surface area (Å²) >= 11 is 0. The molecule has 15 heteroatoms. The number of piperidine rings is 2. The summed E-state index contributed by atoms with van der Waals surface area (Å²) in [5.41, 5.74) is 1.79. The molecule has 0 aliphatic carbocycles. The lowest BCUT2D eigenvalue weighted by molar-refractivity contribution is -0.151. The molecule has 2 aliphatic rings. The summed E-state index contributed by atoms with van der Waals surface area (Å²) in [5.74, 6) is -0.853. The number of ether oxygens (including phenoxy) is 4. The van der Waals surface area contributed by atoms with Crippen LogP contribution in [0.25, 0.3) is 0 Å². The highest BCUT2D eigenvalue weighted by molar-refractivity contribution is 5.75. The zero-order valence-electron chi connectivity index (χ0n) is 27.6. The van der Waals surface area contributed by atoms with Crippen molar-refractivity contribution in [3.8, 4) is 6.07 Å². The largest absolute Gasteiger partial charge is 0.466 e. The first-order valence-electron chi connectivity index (χ1n) is 16.2. The molecule has 49 heavy (non-hydrogen) atoms. The van der Waals surface area contributed by atoms with Gasteiger partial charge in [0.15, 0.2) is 5.82 Å². The summed E-state index contributed by atoms with van der Waals surface area (Å²) in [4.78, 5) is 51.6. The Labute approximate surface area is 284 Å². The number of tetrazole rings is 1. The van der Waals surface area contributed by atoms with Crippen LogP contribution in [0.4, 0.5) is 9.59 Å². The van der Waals surface area contributed by atoms with Gasteiger partial charge in [0, 0.05) is 13.1 Å². The van der Waals surface area contributed by atoms with Gasteiger partial charge in [-0.1, -0.05) is 65.9 Å². The molecule has 5 rings (SSSR count). The smallest absolute Gasteiger partial charge is 0.411 e. The number of nitrogens with zero attached hydrogens (tertiary/aromatic N) is 6. The van der Waals surface area contributed by atoms with E-state index in [1.807, 2.05) is 60.7 Å². The lowest BCUT2D eigenvalue weighted by atomic mass is 9.90. The van der Waals surface area contributed by atoms with E-state index in [-0.39, 0.29) is 43.4 Å². The van der Waals surface area contributed by atoms with Crippen molar-refractivity contribution in [1.82, 2.24) is 30.4 Å². The Morgan fingerprint density at radius 2 is 1.29 bits per heavy atom. The van der Waals surface area contributed by atoms with Gasteiger partial charge < -0.3 is 18.9 Å². The van der Waals surface area contributed by atoms with Crippen LogP contribution in [0.5, 0.6) is 0 Å². The number of amides is 2. The minimum atomic E-state index is -0.665. The van der Waals surface area contributed by atoms with Crippen molar-refractivity contribution in [3.63, 3.8) is 0 Å². The van der Waals surface area contributed by atoms with Crippen molar-refractivity contribution in [3.05, 3.63) is 77.6 Å². The van der Waals surface area contributed by atoms with E-state index in [9.17, 15) is 24.4 Å². The molecular formula is C34H41N7O8. The molecule has 0 bridgehead atoms. The standard InChI is InChI=1S/C17H21N5O4.C17H20N2O4/c1-2-25-16(23)13-8-9-22(14(10-13)15-18-20-21-19-15)17(24)26-11-12-6-4-3-5-7-12;1-2-22-16(20)14-8-9-19(15(10-14)11-18)17(21)23-12-13-6-4-3-5-7-13/h3-7,13-14H,2,8-11H2,1H3,(H,18,19,20,21);3-7,14-15H,2,8-10,12H2,1H3. The molecule has 2 amide bonds. The van der Waals surface area contributed by atoms with E-state index in [1.165, 1.54) is 4.90 Å². The van der Waals surface area contributed by atoms with Crippen LogP contribution < -0.4 is 0 Å². The molecule has 1 N–H and O–H groups in total. The zero-order chi connectivity index (χ0) is 35.0. The third kappa shape index (κ3) is 10.5. The molecule has 260 valence electrons. The number of esters is 2. The van der Waals surface area contributed by atoms with Gasteiger partial charge in [-0.05, 0) is 50.7 Å². The Morgan fingerprint density at radius 1 is 0.776 bits per heavy atom. The van der Waals surface area contributed by atoms with Gasteiger partial charge in [0.1, 0.15) is 19.3 Å². The van der Waals surface area contributed by atoms with Crippen LogP contribution in [0.1, 0.15) is 62.5 Å². The van der Waals surface area contributed by atoms with E-state index in [1.54, 1.807) is 18.7 Å². The van der Waals surface area contributed by atoms with Crippen LogP contribution in [0, 0.1) is 23.2 Å². The van der Waals surface area contributed by atoms with Crippen LogP contribution in [-0.4, -0.2) is 86.9 Å². The Hall–Kier alpha value is -5.52. The Bertz CT molecular complexity index is 1530. The molecule has 0 saturated carbocycles. The van der Waals surface area contributed by atoms with Crippen molar-refractivity contribution in [2.24, 2.45) is 11.8 Å². The summed E-state index contributed by atoms with van der Waals surface area (Å²) in [6.45, 7) is 5.17. The minimum Gasteiger partial charge on any atom is -0.466 e. The van der Waals surface area contributed by atoms with E-state index < -0.39 is 24.3 Å². The zero-order valence-corrected chi connectivity index (χ0v) is 27.6. The molecular weight excluding hydrogens is 634 g/mol. The fraction of sp³-hybridized carbons (Fsp3) is 0.471. The monoisotopic (exact) mass is 675 g/mol. The number of carbonyl (C=O) groups excluding carboxylic acids is 4. The summed E-state index contributed by atoms with van der Waals surface area (Å²) in [6.07, 6.45) is 0.660. The van der Waals surface area contributed by atoms with E-state index in [0.717, 1.165) is 11.1 Å². The number of nitrogens with one attached hydrogen (secondary N) is 1. The maximum Gasteiger partial charge on any atom is 0.411 e. The average Bonchev–Trinajstić information content (AvgIpc) is 3.69. The van der Waals surface area contributed by atoms with E-state index in [4.69, 9.17) is 18.9 Å².